The molecule has 26 heavy (non-hydrogen) atoms. The Hall–Kier alpha value is -3.42. The molecule has 2 heterocycles. The maximum Gasteiger partial charge on any atom is 0.273 e. The van der Waals surface area contributed by atoms with Crippen LogP contribution in [0.1, 0.15) is 21.7 Å². The van der Waals surface area contributed by atoms with Crippen molar-refractivity contribution in [2.75, 3.05) is 20.3 Å². The van der Waals surface area contributed by atoms with E-state index in [-0.39, 0.29) is 0 Å². The van der Waals surface area contributed by atoms with E-state index < -0.39 is 11.8 Å². The summed E-state index contributed by atoms with van der Waals surface area (Å²) in [5.74, 6) is 1.14. The zero-order chi connectivity index (χ0) is 18.5. The average molecular weight is 358 g/mol. The summed E-state index contributed by atoms with van der Waals surface area (Å²) in [6.07, 6.45) is 4.26. The monoisotopic (exact) mass is 358 g/mol. The quantitative estimate of drug-likeness (QED) is 0.639. The van der Waals surface area contributed by atoms with Crippen LogP contribution in [0.5, 0.6) is 17.2 Å². The molecule has 3 rings (SSSR count). The maximum absolute atomic E-state index is 11.9. The molecular weight excluding hydrogens is 340 g/mol. The third-order valence-corrected chi connectivity index (χ3v) is 3.68. The highest BCUT2D eigenvalue weighted by Crippen LogP contribution is 2.40. The fourth-order valence-electron chi connectivity index (χ4n) is 2.41. The highest BCUT2D eigenvalue weighted by molar-refractivity contribution is 5.98. The number of hydrazine groups is 1. The molecule has 0 saturated heterocycles. The number of furan rings is 1. The van der Waals surface area contributed by atoms with Crippen molar-refractivity contribution in [3.05, 3.63) is 47.4 Å². The van der Waals surface area contributed by atoms with Crippen molar-refractivity contribution in [2.45, 2.75) is 6.92 Å². The molecule has 2 aromatic rings. The van der Waals surface area contributed by atoms with Gasteiger partial charge >= 0.3 is 0 Å². The number of nitrogens with one attached hydrogen (secondary N) is 2. The molecule has 8 nitrogen and oxygen atoms in total. The summed E-state index contributed by atoms with van der Waals surface area (Å²) in [6.45, 7) is 2.56. The van der Waals surface area contributed by atoms with Gasteiger partial charge < -0.3 is 18.6 Å². The lowest BCUT2D eigenvalue weighted by atomic mass is 10.1. The molecule has 1 aliphatic rings. The number of carbonyl (C=O) groups excluding carboxylic acids is 2. The van der Waals surface area contributed by atoms with E-state index >= 15 is 0 Å². The van der Waals surface area contributed by atoms with Crippen molar-refractivity contribution >= 4 is 17.9 Å². The maximum atomic E-state index is 11.9. The van der Waals surface area contributed by atoms with Gasteiger partial charge in [0.25, 0.3) is 11.8 Å². The first-order valence-corrected chi connectivity index (χ1v) is 7.88. The number of amides is 2. The molecule has 1 aliphatic heterocycles. The van der Waals surface area contributed by atoms with Crippen LogP contribution in [0, 0.1) is 6.92 Å². The van der Waals surface area contributed by atoms with Crippen LogP contribution in [0.4, 0.5) is 0 Å². The second-order valence-corrected chi connectivity index (χ2v) is 5.41. The second kappa shape index (κ2) is 7.64. The summed E-state index contributed by atoms with van der Waals surface area (Å²) in [5.41, 5.74) is 5.67. The number of rotatable bonds is 4. The number of fused-ring (bicyclic) bond motifs is 1. The van der Waals surface area contributed by atoms with E-state index in [0.29, 0.717) is 47.3 Å². The zero-order valence-electron chi connectivity index (χ0n) is 14.3. The third kappa shape index (κ3) is 3.80. The molecule has 0 radical (unpaired) electrons. The van der Waals surface area contributed by atoms with Crippen LogP contribution in [-0.4, -0.2) is 32.1 Å². The Bertz CT molecular complexity index is 838. The van der Waals surface area contributed by atoms with Gasteiger partial charge in [-0.25, -0.2) is 0 Å². The standard InChI is InChI=1S/C18H18N2O6/c1-11-13(5-6-24-11)18(22)20-19-16(21)4-3-12-9-14(23-2)17-15(10-12)25-7-8-26-17/h3-6,9-10H,7-8H2,1-2H3,(H,19,21)(H,20,22)/b4-3+. The number of hydrogen-bond acceptors (Lipinski definition) is 6. The topological polar surface area (TPSA) is 99.0 Å². The van der Waals surface area contributed by atoms with Gasteiger partial charge in [0.2, 0.25) is 5.75 Å². The van der Waals surface area contributed by atoms with Gasteiger partial charge in [-0.1, -0.05) is 0 Å². The summed E-state index contributed by atoms with van der Waals surface area (Å²) < 4.78 is 21.4. The zero-order valence-corrected chi connectivity index (χ0v) is 14.3. The molecule has 0 fully saturated rings. The van der Waals surface area contributed by atoms with Gasteiger partial charge in [0.15, 0.2) is 11.5 Å². The van der Waals surface area contributed by atoms with Gasteiger partial charge in [0, 0.05) is 6.08 Å². The molecule has 1 aromatic heterocycles. The number of hydrogen-bond donors (Lipinski definition) is 2. The van der Waals surface area contributed by atoms with Crippen molar-refractivity contribution in [1.82, 2.24) is 10.9 Å². The smallest absolute Gasteiger partial charge is 0.273 e. The van der Waals surface area contributed by atoms with Crippen LogP contribution < -0.4 is 25.1 Å². The minimum Gasteiger partial charge on any atom is -0.493 e. The highest BCUT2D eigenvalue weighted by atomic mass is 16.6. The van der Waals surface area contributed by atoms with Crippen LogP contribution in [-0.2, 0) is 4.79 Å². The summed E-state index contributed by atoms with van der Waals surface area (Å²) in [7, 11) is 1.53. The Morgan fingerprint density at radius 1 is 1.19 bits per heavy atom. The Labute approximate surface area is 149 Å². The van der Waals surface area contributed by atoms with Crippen molar-refractivity contribution in [3.8, 4) is 17.2 Å². The summed E-state index contributed by atoms with van der Waals surface area (Å²) in [6, 6.07) is 4.99. The summed E-state index contributed by atoms with van der Waals surface area (Å²) in [4.78, 5) is 23.8. The Kier molecular flexibility index (Phi) is 5.12. The molecule has 0 unspecified atom stereocenters. The molecule has 0 bridgehead atoms. The first-order valence-electron chi connectivity index (χ1n) is 7.88. The van der Waals surface area contributed by atoms with E-state index in [4.69, 9.17) is 18.6 Å². The van der Waals surface area contributed by atoms with E-state index in [9.17, 15) is 9.59 Å². The lowest BCUT2D eigenvalue weighted by molar-refractivity contribution is -0.117. The predicted molar refractivity (Wildman–Crippen MR) is 92.1 cm³/mol. The second-order valence-electron chi connectivity index (χ2n) is 5.41. The molecule has 2 N–H and O–H groups in total. The normalized spacial score (nSPS) is 12.7. The SMILES string of the molecule is COc1cc(/C=C/C(=O)NNC(=O)c2ccoc2C)cc2c1OCCO2. The van der Waals surface area contributed by atoms with E-state index in [1.54, 1.807) is 25.1 Å². The van der Waals surface area contributed by atoms with Crippen LogP contribution in [0.15, 0.2) is 35.0 Å². The first-order chi connectivity index (χ1) is 12.6. The van der Waals surface area contributed by atoms with Crippen molar-refractivity contribution in [2.24, 2.45) is 0 Å². The molecule has 0 spiro atoms. The summed E-state index contributed by atoms with van der Waals surface area (Å²) in [5, 5.41) is 0. The lowest BCUT2D eigenvalue weighted by Crippen LogP contribution is -2.40. The number of benzene rings is 1. The molecule has 2 amide bonds. The van der Waals surface area contributed by atoms with Gasteiger partial charge in [-0.05, 0) is 36.8 Å². The Morgan fingerprint density at radius 3 is 2.73 bits per heavy atom. The molecule has 0 saturated carbocycles. The van der Waals surface area contributed by atoms with Crippen molar-refractivity contribution < 1.29 is 28.2 Å². The van der Waals surface area contributed by atoms with E-state index in [0.717, 1.165) is 0 Å². The van der Waals surface area contributed by atoms with Crippen LogP contribution in [0.3, 0.4) is 0 Å². The molecule has 0 aliphatic carbocycles. The van der Waals surface area contributed by atoms with Crippen LogP contribution in [0.25, 0.3) is 6.08 Å². The number of aryl methyl sites for hydroxylation is 1. The van der Waals surface area contributed by atoms with Gasteiger partial charge in [0.1, 0.15) is 19.0 Å². The van der Waals surface area contributed by atoms with Crippen LogP contribution in [0.2, 0.25) is 0 Å². The Morgan fingerprint density at radius 2 is 2.00 bits per heavy atom. The first kappa shape index (κ1) is 17.4. The summed E-state index contributed by atoms with van der Waals surface area (Å²) >= 11 is 0. The van der Waals surface area contributed by atoms with Gasteiger partial charge in [-0.3, -0.25) is 20.4 Å². The van der Waals surface area contributed by atoms with E-state index in [1.165, 1.54) is 25.5 Å². The number of carbonyl (C=O) groups is 2. The molecule has 0 atom stereocenters. The van der Waals surface area contributed by atoms with Crippen molar-refractivity contribution in [3.63, 3.8) is 0 Å². The fourth-order valence-corrected chi connectivity index (χ4v) is 2.41. The van der Waals surface area contributed by atoms with Crippen LogP contribution >= 0.6 is 0 Å². The van der Waals surface area contributed by atoms with Gasteiger partial charge in [-0.2, -0.15) is 0 Å². The lowest BCUT2D eigenvalue weighted by Gasteiger charge is -2.20. The minimum absolute atomic E-state index is 0.353. The van der Waals surface area contributed by atoms with E-state index in [1.807, 2.05) is 0 Å². The molecular formula is C18H18N2O6. The van der Waals surface area contributed by atoms with Gasteiger partial charge in [-0.15, -0.1) is 0 Å². The number of methoxy groups -OCH3 is 1. The minimum atomic E-state index is -0.492. The third-order valence-electron chi connectivity index (χ3n) is 3.68. The Balaban J connectivity index is 1.63. The average Bonchev–Trinajstić information content (AvgIpc) is 3.09. The van der Waals surface area contributed by atoms with Gasteiger partial charge in [0.05, 0.1) is 18.9 Å². The molecule has 136 valence electrons. The van der Waals surface area contributed by atoms with Crippen molar-refractivity contribution in [1.29, 1.82) is 0 Å². The molecule has 1 aromatic carbocycles. The van der Waals surface area contributed by atoms with E-state index in [2.05, 4.69) is 10.9 Å². The highest BCUT2D eigenvalue weighted by Gasteiger charge is 2.18. The fraction of sp³-hybridized carbons (Fsp3) is 0.222. The largest absolute Gasteiger partial charge is 0.493 e. The number of ether oxygens (including phenoxy) is 3. The molecule has 8 heteroatoms. The predicted octanol–water partition coefficient (Wildman–Crippen LogP) is 1.84.